The van der Waals surface area contributed by atoms with Crippen molar-refractivity contribution in [3.8, 4) is 17.2 Å². The number of amides is 2. The number of halogens is 4. The fourth-order valence-electron chi connectivity index (χ4n) is 4.38. The Balaban J connectivity index is 1.38. The predicted molar refractivity (Wildman–Crippen MR) is 147 cm³/mol. The van der Waals surface area contributed by atoms with Crippen molar-refractivity contribution in [1.29, 1.82) is 0 Å². The first-order chi connectivity index (χ1) is 19.3. The molecule has 0 fully saturated rings. The Morgan fingerprint density at radius 2 is 1.85 bits per heavy atom. The van der Waals surface area contributed by atoms with Crippen LogP contribution in [0.4, 0.5) is 19.0 Å². The number of anilines is 1. The van der Waals surface area contributed by atoms with Gasteiger partial charge in [-0.1, -0.05) is 17.7 Å². The SMILES string of the molecule is CN([O-])C(=O)C1CCOc2cc(Oc3ccc(C(=O)NCCc4ccc(C(F)(F)F)nc4N(C)C)cc3)c(Cl)cc21. The normalized spacial score (nSPS) is 14.5. The maximum absolute atomic E-state index is 13.0. The molecule has 2 aromatic carbocycles. The highest BCUT2D eigenvalue weighted by Crippen LogP contribution is 2.42. The van der Waals surface area contributed by atoms with Gasteiger partial charge >= 0.3 is 6.18 Å². The smallest absolute Gasteiger partial charge is 0.433 e. The minimum Gasteiger partial charge on any atom is -0.756 e. The highest BCUT2D eigenvalue weighted by atomic mass is 35.5. The number of hydrogen-bond donors (Lipinski definition) is 1. The molecule has 41 heavy (non-hydrogen) atoms. The van der Waals surface area contributed by atoms with Crippen LogP contribution in [0.15, 0.2) is 48.5 Å². The van der Waals surface area contributed by atoms with Crippen LogP contribution in [0.25, 0.3) is 0 Å². The Labute approximate surface area is 239 Å². The lowest BCUT2D eigenvalue weighted by Gasteiger charge is -2.32. The van der Waals surface area contributed by atoms with Gasteiger partial charge in [-0.05, 0) is 61.9 Å². The fourth-order valence-corrected chi connectivity index (χ4v) is 4.59. The summed E-state index contributed by atoms with van der Waals surface area (Å²) in [7, 11) is 4.35. The molecule has 1 aromatic heterocycles. The Hall–Kier alpha value is -4.03. The molecule has 0 aliphatic carbocycles. The van der Waals surface area contributed by atoms with Crippen LogP contribution in [0.3, 0.4) is 0 Å². The van der Waals surface area contributed by atoms with Crippen molar-refractivity contribution in [2.45, 2.75) is 24.9 Å². The van der Waals surface area contributed by atoms with Gasteiger partial charge in [-0.3, -0.25) is 9.59 Å². The summed E-state index contributed by atoms with van der Waals surface area (Å²) in [5, 5.41) is 14.8. The number of hydrogen-bond acceptors (Lipinski definition) is 7. The molecule has 3 aromatic rings. The zero-order chi connectivity index (χ0) is 29.9. The maximum Gasteiger partial charge on any atom is 0.433 e. The summed E-state index contributed by atoms with van der Waals surface area (Å²) in [4.78, 5) is 30.1. The minimum atomic E-state index is -4.55. The van der Waals surface area contributed by atoms with E-state index in [1.807, 2.05) is 0 Å². The lowest BCUT2D eigenvalue weighted by Crippen LogP contribution is -2.30. The second-order valence-corrected chi connectivity index (χ2v) is 9.96. The molecule has 0 bridgehead atoms. The summed E-state index contributed by atoms with van der Waals surface area (Å²) >= 11 is 6.40. The average molecular weight is 592 g/mol. The molecule has 1 aliphatic rings. The Morgan fingerprint density at radius 1 is 1.15 bits per heavy atom. The van der Waals surface area contributed by atoms with Gasteiger partial charge in [-0.2, -0.15) is 13.2 Å². The van der Waals surface area contributed by atoms with Crippen molar-refractivity contribution in [2.75, 3.05) is 39.2 Å². The van der Waals surface area contributed by atoms with Crippen molar-refractivity contribution < 1.29 is 32.2 Å². The van der Waals surface area contributed by atoms with E-state index in [4.69, 9.17) is 21.1 Å². The van der Waals surface area contributed by atoms with Crippen LogP contribution >= 0.6 is 11.6 Å². The third kappa shape index (κ3) is 7.01. The summed E-state index contributed by atoms with van der Waals surface area (Å²) < 4.78 is 50.6. The molecule has 4 rings (SSSR count). The fraction of sp³-hybridized carbons (Fsp3) is 0.321. The Kier molecular flexibility index (Phi) is 8.93. The second kappa shape index (κ2) is 12.2. The highest BCUT2D eigenvalue weighted by molar-refractivity contribution is 6.32. The Bertz CT molecular complexity index is 1430. The summed E-state index contributed by atoms with van der Waals surface area (Å²) in [5.74, 6) is -0.375. The van der Waals surface area contributed by atoms with E-state index >= 15 is 0 Å². The number of aromatic nitrogens is 1. The number of hydroxylamine groups is 2. The molecule has 1 aliphatic heterocycles. The number of nitrogens with one attached hydrogen (secondary N) is 1. The van der Waals surface area contributed by atoms with Gasteiger partial charge in [-0.25, -0.2) is 4.98 Å². The number of likely N-dealkylation sites (N-methyl/N-ethyl adjacent to an activating group) is 1. The quantitative estimate of drug-likeness (QED) is 0.349. The van der Waals surface area contributed by atoms with E-state index in [0.717, 1.165) is 13.1 Å². The van der Waals surface area contributed by atoms with Crippen molar-refractivity contribution in [3.63, 3.8) is 0 Å². The van der Waals surface area contributed by atoms with Crippen LogP contribution in [-0.2, 0) is 17.4 Å². The summed E-state index contributed by atoms with van der Waals surface area (Å²) in [6.07, 6.45) is -3.91. The van der Waals surface area contributed by atoms with Crippen LogP contribution in [0.1, 0.15) is 39.5 Å². The Morgan fingerprint density at radius 3 is 2.49 bits per heavy atom. The molecule has 9 nitrogen and oxygen atoms in total. The molecule has 13 heteroatoms. The maximum atomic E-state index is 13.0. The van der Waals surface area contributed by atoms with Gasteiger partial charge in [0.2, 0.25) is 5.91 Å². The van der Waals surface area contributed by atoms with Gasteiger partial charge < -0.3 is 30.0 Å². The monoisotopic (exact) mass is 591 g/mol. The number of carbonyl (C=O) groups excluding carboxylic acids is 2. The first-order valence-electron chi connectivity index (χ1n) is 12.6. The number of nitrogens with zero attached hydrogens (tertiary/aromatic N) is 3. The summed E-state index contributed by atoms with van der Waals surface area (Å²) in [6.45, 7) is 0.440. The summed E-state index contributed by atoms with van der Waals surface area (Å²) in [6, 6.07) is 11.7. The van der Waals surface area contributed by atoms with Crippen LogP contribution in [0, 0.1) is 5.21 Å². The van der Waals surface area contributed by atoms with E-state index in [1.165, 1.54) is 11.0 Å². The molecular formula is C28H27ClF3N4O5-. The van der Waals surface area contributed by atoms with Crippen LogP contribution in [-0.4, -0.2) is 56.2 Å². The van der Waals surface area contributed by atoms with Gasteiger partial charge in [0.1, 0.15) is 28.8 Å². The number of alkyl halides is 3. The van der Waals surface area contributed by atoms with Gasteiger partial charge in [-0.15, -0.1) is 0 Å². The molecule has 2 amide bonds. The minimum absolute atomic E-state index is 0.182. The zero-order valence-electron chi connectivity index (χ0n) is 22.4. The molecule has 218 valence electrons. The van der Waals surface area contributed by atoms with Gasteiger partial charge in [0.15, 0.2) is 0 Å². The predicted octanol–water partition coefficient (Wildman–Crippen LogP) is 5.41. The highest BCUT2D eigenvalue weighted by Gasteiger charge is 2.33. The number of rotatable bonds is 8. The molecular weight excluding hydrogens is 565 g/mol. The van der Waals surface area contributed by atoms with E-state index in [0.29, 0.717) is 39.7 Å². The van der Waals surface area contributed by atoms with Crippen molar-refractivity contribution >= 4 is 29.2 Å². The van der Waals surface area contributed by atoms with Gasteiger partial charge in [0.05, 0.1) is 17.5 Å². The molecule has 1 N–H and O–H groups in total. The summed E-state index contributed by atoms with van der Waals surface area (Å²) in [5.41, 5.74) is 0.442. The van der Waals surface area contributed by atoms with Crippen molar-refractivity contribution in [2.24, 2.45) is 0 Å². The average Bonchev–Trinajstić information content (AvgIpc) is 2.92. The molecule has 1 atom stereocenters. The largest absolute Gasteiger partial charge is 0.756 e. The topological polar surface area (TPSA) is 107 Å². The van der Waals surface area contributed by atoms with Crippen LogP contribution < -0.4 is 19.7 Å². The number of fused-ring (bicyclic) bond motifs is 1. The third-order valence-electron chi connectivity index (χ3n) is 6.41. The van der Waals surface area contributed by atoms with E-state index < -0.39 is 23.7 Å². The lowest BCUT2D eigenvalue weighted by atomic mass is 9.92. The van der Waals surface area contributed by atoms with Crippen molar-refractivity contribution in [1.82, 2.24) is 15.4 Å². The molecule has 0 saturated heterocycles. The number of pyridine rings is 1. The lowest BCUT2D eigenvalue weighted by molar-refractivity contribution is -0.141. The number of ether oxygens (including phenoxy) is 2. The second-order valence-electron chi connectivity index (χ2n) is 9.55. The van der Waals surface area contributed by atoms with E-state index in [1.54, 1.807) is 50.5 Å². The van der Waals surface area contributed by atoms with Crippen LogP contribution in [0.5, 0.6) is 17.2 Å². The molecule has 1 unspecified atom stereocenters. The van der Waals surface area contributed by atoms with E-state index in [-0.39, 0.29) is 42.1 Å². The van der Waals surface area contributed by atoms with Gasteiger partial charge in [0.25, 0.3) is 5.91 Å². The molecule has 0 saturated carbocycles. The number of carbonyl (C=O) groups is 2. The van der Waals surface area contributed by atoms with Gasteiger partial charge in [0, 0.05) is 37.8 Å². The van der Waals surface area contributed by atoms with Crippen molar-refractivity contribution in [3.05, 3.63) is 81.1 Å². The number of benzene rings is 2. The third-order valence-corrected chi connectivity index (χ3v) is 6.70. The van der Waals surface area contributed by atoms with Crippen LogP contribution in [0.2, 0.25) is 5.02 Å². The molecule has 2 heterocycles. The standard InChI is InChI=1S/C28H27ClF3N4O5/c1-35(2)25-16(6-9-24(34-25)28(30,31)32)10-12-33-26(37)17-4-7-18(8-5-17)41-23-15-22-20(14-21(23)29)19(11-13-40-22)27(38)36(3)39/h4-9,14-15,19H,10-13H2,1-3H3,(H,33,37)/q-1. The van der Waals surface area contributed by atoms with E-state index in [9.17, 15) is 28.0 Å². The van der Waals surface area contributed by atoms with E-state index in [2.05, 4.69) is 10.3 Å². The first-order valence-corrected chi connectivity index (χ1v) is 12.9. The zero-order valence-corrected chi connectivity index (χ0v) is 23.2. The molecule has 0 radical (unpaired) electrons. The first kappa shape index (κ1) is 29.9. The molecule has 0 spiro atoms.